The predicted molar refractivity (Wildman–Crippen MR) is 146 cm³/mol. The standard InChI is InChI=1S/C32H32O4/c1-2-24-16-18-25(19-17-24)11-6-3-4-9-20-35-31-22-27(32(33)34)21-29-28(31)14-10-15-30(29)36-23-26-12-7-5-8-13-26/h5-8,10-19,21-22H,2-4,9,20,23H2,1H3,(H,33,34)/b11-6+. The summed E-state index contributed by atoms with van der Waals surface area (Å²) in [6, 6.07) is 27.5. The van der Waals surface area contributed by atoms with Crippen LogP contribution < -0.4 is 9.47 Å². The summed E-state index contributed by atoms with van der Waals surface area (Å²) in [4.78, 5) is 11.8. The van der Waals surface area contributed by atoms with E-state index in [2.05, 4.69) is 43.3 Å². The topological polar surface area (TPSA) is 55.8 Å². The molecule has 4 aromatic carbocycles. The lowest BCUT2D eigenvalue weighted by Gasteiger charge is -2.14. The molecule has 0 bridgehead atoms. The van der Waals surface area contributed by atoms with Gasteiger partial charge in [0.2, 0.25) is 0 Å². The van der Waals surface area contributed by atoms with E-state index >= 15 is 0 Å². The molecular formula is C32H32O4. The Kier molecular flexibility index (Phi) is 8.77. The summed E-state index contributed by atoms with van der Waals surface area (Å²) in [5.41, 5.74) is 3.79. The van der Waals surface area contributed by atoms with E-state index < -0.39 is 5.97 Å². The van der Waals surface area contributed by atoms with Crippen LogP contribution in [0.4, 0.5) is 0 Å². The molecule has 0 aliphatic rings. The predicted octanol–water partition coefficient (Wildman–Crippen LogP) is 7.94. The quantitative estimate of drug-likeness (QED) is 0.209. The lowest BCUT2D eigenvalue weighted by atomic mass is 10.0. The fourth-order valence-corrected chi connectivity index (χ4v) is 4.06. The van der Waals surface area contributed by atoms with Gasteiger partial charge in [-0.2, -0.15) is 0 Å². The van der Waals surface area contributed by atoms with Gasteiger partial charge in [0.25, 0.3) is 0 Å². The summed E-state index contributed by atoms with van der Waals surface area (Å²) in [6.45, 7) is 3.09. The van der Waals surface area contributed by atoms with Crippen molar-refractivity contribution in [1.29, 1.82) is 0 Å². The number of ether oxygens (including phenoxy) is 2. The first-order valence-corrected chi connectivity index (χ1v) is 12.5. The first kappa shape index (κ1) is 25.1. The molecule has 4 rings (SSSR count). The lowest BCUT2D eigenvalue weighted by molar-refractivity contribution is 0.0696. The molecule has 0 heterocycles. The van der Waals surface area contributed by atoms with Crippen molar-refractivity contribution in [3.05, 3.63) is 113 Å². The minimum Gasteiger partial charge on any atom is -0.493 e. The van der Waals surface area contributed by atoms with E-state index in [-0.39, 0.29) is 5.56 Å². The van der Waals surface area contributed by atoms with Crippen molar-refractivity contribution in [3.8, 4) is 11.5 Å². The number of rotatable bonds is 12. The Balaban J connectivity index is 1.38. The Morgan fingerprint density at radius 1 is 0.806 bits per heavy atom. The van der Waals surface area contributed by atoms with Crippen LogP contribution in [0.25, 0.3) is 16.8 Å². The second kappa shape index (κ2) is 12.6. The van der Waals surface area contributed by atoms with Crippen molar-refractivity contribution in [2.75, 3.05) is 6.61 Å². The molecule has 0 saturated heterocycles. The largest absolute Gasteiger partial charge is 0.493 e. The zero-order chi connectivity index (χ0) is 25.2. The summed E-state index contributed by atoms with van der Waals surface area (Å²) >= 11 is 0. The molecule has 0 aliphatic carbocycles. The molecule has 0 aliphatic heterocycles. The Bertz CT molecular complexity index is 1310. The van der Waals surface area contributed by atoms with Crippen molar-refractivity contribution >= 4 is 22.8 Å². The number of fused-ring (bicyclic) bond motifs is 1. The van der Waals surface area contributed by atoms with Crippen LogP contribution >= 0.6 is 0 Å². The third kappa shape index (κ3) is 6.76. The summed E-state index contributed by atoms with van der Waals surface area (Å²) < 4.78 is 12.1. The SMILES string of the molecule is CCc1ccc(/C=C/CCCCOc2cc(C(=O)O)cc3c(OCc4ccccc4)cccc23)cc1. The van der Waals surface area contributed by atoms with Gasteiger partial charge in [-0.1, -0.05) is 85.8 Å². The van der Waals surface area contributed by atoms with E-state index in [1.807, 2.05) is 48.5 Å². The molecule has 1 N–H and O–H groups in total. The zero-order valence-electron chi connectivity index (χ0n) is 20.7. The van der Waals surface area contributed by atoms with E-state index in [9.17, 15) is 9.90 Å². The molecule has 4 aromatic rings. The van der Waals surface area contributed by atoms with Crippen LogP contribution in [0.2, 0.25) is 0 Å². The van der Waals surface area contributed by atoms with Crippen LogP contribution in [0.3, 0.4) is 0 Å². The first-order valence-electron chi connectivity index (χ1n) is 12.5. The number of hydrogen-bond donors (Lipinski definition) is 1. The Hall–Kier alpha value is -4.05. The number of allylic oxidation sites excluding steroid dienone is 1. The van der Waals surface area contributed by atoms with Crippen LogP contribution in [0.5, 0.6) is 11.5 Å². The van der Waals surface area contributed by atoms with Crippen molar-refractivity contribution in [2.24, 2.45) is 0 Å². The van der Waals surface area contributed by atoms with Crippen molar-refractivity contribution in [3.63, 3.8) is 0 Å². The molecule has 0 aromatic heterocycles. The van der Waals surface area contributed by atoms with E-state index in [1.54, 1.807) is 12.1 Å². The van der Waals surface area contributed by atoms with Crippen LogP contribution in [-0.4, -0.2) is 17.7 Å². The number of carbonyl (C=O) groups is 1. The summed E-state index contributed by atoms with van der Waals surface area (Å²) in [7, 11) is 0. The molecule has 4 nitrogen and oxygen atoms in total. The van der Waals surface area contributed by atoms with Gasteiger partial charge < -0.3 is 14.6 Å². The molecule has 0 radical (unpaired) electrons. The number of unbranched alkanes of at least 4 members (excludes halogenated alkanes) is 2. The van der Waals surface area contributed by atoms with E-state index in [1.165, 1.54) is 11.1 Å². The van der Waals surface area contributed by atoms with Crippen molar-refractivity contribution < 1.29 is 19.4 Å². The maximum absolute atomic E-state index is 11.8. The van der Waals surface area contributed by atoms with Gasteiger partial charge in [0, 0.05) is 10.8 Å². The van der Waals surface area contributed by atoms with Crippen LogP contribution in [0, 0.1) is 0 Å². The Morgan fingerprint density at radius 3 is 2.36 bits per heavy atom. The molecule has 0 amide bonds. The molecule has 0 unspecified atom stereocenters. The Labute approximate surface area is 212 Å². The van der Waals surface area contributed by atoms with Crippen LogP contribution in [0.15, 0.2) is 91.0 Å². The highest BCUT2D eigenvalue weighted by Crippen LogP contribution is 2.34. The third-order valence-electron chi connectivity index (χ3n) is 6.12. The fraction of sp³-hybridized carbons (Fsp3) is 0.219. The van der Waals surface area contributed by atoms with Gasteiger partial charge >= 0.3 is 5.97 Å². The fourth-order valence-electron chi connectivity index (χ4n) is 4.06. The lowest BCUT2D eigenvalue weighted by Crippen LogP contribution is -2.03. The van der Waals surface area contributed by atoms with E-state index in [0.29, 0.717) is 24.7 Å². The molecule has 0 saturated carbocycles. The second-order valence-electron chi connectivity index (χ2n) is 8.75. The van der Waals surface area contributed by atoms with Gasteiger partial charge in [-0.05, 0) is 60.6 Å². The van der Waals surface area contributed by atoms with Crippen LogP contribution in [0.1, 0.15) is 53.2 Å². The first-order chi connectivity index (χ1) is 17.6. The number of carboxylic acid groups (broad SMARTS) is 1. The molecule has 36 heavy (non-hydrogen) atoms. The van der Waals surface area contributed by atoms with Gasteiger partial charge in [-0.15, -0.1) is 0 Å². The summed E-state index contributed by atoms with van der Waals surface area (Å²) in [5, 5.41) is 11.2. The van der Waals surface area contributed by atoms with Gasteiger partial charge in [-0.3, -0.25) is 0 Å². The van der Waals surface area contributed by atoms with Gasteiger partial charge in [0.05, 0.1) is 12.2 Å². The number of benzene rings is 4. The number of hydrogen-bond acceptors (Lipinski definition) is 3. The molecule has 0 spiro atoms. The van der Waals surface area contributed by atoms with Crippen LogP contribution in [-0.2, 0) is 13.0 Å². The maximum Gasteiger partial charge on any atom is 0.335 e. The summed E-state index contributed by atoms with van der Waals surface area (Å²) in [5.74, 6) is 0.222. The average Bonchev–Trinajstić information content (AvgIpc) is 2.92. The smallest absolute Gasteiger partial charge is 0.335 e. The highest BCUT2D eigenvalue weighted by molar-refractivity contribution is 6.00. The maximum atomic E-state index is 11.8. The number of carboxylic acids is 1. The van der Waals surface area contributed by atoms with E-state index in [4.69, 9.17) is 9.47 Å². The number of aromatic carboxylic acids is 1. The molecule has 0 fully saturated rings. The second-order valence-corrected chi connectivity index (χ2v) is 8.75. The van der Waals surface area contributed by atoms with Crippen molar-refractivity contribution in [1.82, 2.24) is 0 Å². The van der Waals surface area contributed by atoms with Gasteiger partial charge in [0.1, 0.15) is 18.1 Å². The van der Waals surface area contributed by atoms with Gasteiger partial charge in [0.15, 0.2) is 0 Å². The third-order valence-corrected chi connectivity index (χ3v) is 6.12. The van der Waals surface area contributed by atoms with Crippen molar-refractivity contribution in [2.45, 2.75) is 39.2 Å². The van der Waals surface area contributed by atoms with E-state index in [0.717, 1.165) is 42.0 Å². The normalized spacial score (nSPS) is 11.1. The minimum atomic E-state index is -0.989. The summed E-state index contributed by atoms with van der Waals surface area (Å²) in [6.07, 6.45) is 8.23. The Morgan fingerprint density at radius 2 is 1.61 bits per heavy atom. The molecule has 0 atom stereocenters. The highest BCUT2D eigenvalue weighted by Gasteiger charge is 2.13. The minimum absolute atomic E-state index is 0.185. The molecular weight excluding hydrogens is 448 g/mol. The van der Waals surface area contributed by atoms with Gasteiger partial charge in [-0.25, -0.2) is 4.79 Å². The average molecular weight is 481 g/mol. The highest BCUT2D eigenvalue weighted by atomic mass is 16.5. The number of aryl methyl sites for hydroxylation is 1. The molecule has 184 valence electrons. The zero-order valence-corrected chi connectivity index (χ0v) is 20.7. The monoisotopic (exact) mass is 480 g/mol. The molecule has 4 heteroatoms.